The van der Waals surface area contributed by atoms with Gasteiger partial charge in [-0.05, 0) is 37.1 Å². The van der Waals surface area contributed by atoms with Gasteiger partial charge in [0, 0.05) is 56.7 Å². The third-order valence-electron chi connectivity index (χ3n) is 5.29. The molecule has 1 aromatic heterocycles. The Morgan fingerprint density at radius 3 is 2.52 bits per heavy atom. The average Bonchev–Trinajstić information content (AvgIpc) is 2.75. The van der Waals surface area contributed by atoms with Crippen molar-refractivity contribution in [2.75, 3.05) is 39.3 Å². The Kier molecular flexibility index (Phi) is 7.88. The largest absolute Gasteiger partial charge is 0.383 e. The van der Waals surface area contributed by atoms with Gasteiger partial charge in [-0.1, -0.05) is 47.5 Å². The van der Waals surface area contributed by atoms with Crippen molar-refractivity contribution in [3.8, 4) is 0 Å². The van der Waals surface area contributed by atoms with Crippen molar-refractivity contribution in [1.82, 2.24) is 9.88 Å². The predicted molar refractivity (Wildman–Crippen MR) is 128 cm³/mol. The maximum Gasteiger partial charge on any atom is 0.223 e. The van der Waals surface area contributed by atoms with E-state index in [1.165, 1.54) is 11.1 Å². The lowest BCUT2D eigenvalue weighted by Crippen LogP contribution is -2.34. The number of benzene rings is 2. The van der Waals surface area contributed by atoms with Crippen molar-refractivity contribution in [1.29, 1.82) is 0 Å². The number of rotatable bonds is 9. The van der Waals surface area contributed by atoms with Crippen LogP contribution in [0.15, 0.2) is 48.5 Å². The molecule has 0 aliphatic carbocycles. The maximum absolute atomic E-state index is 13.1. The van der Waals surface area contributed by atoms with Crippen LogP contribution in [0.1, 0.15) is 23.1 Å². The Hall–Kier alpha value is -2.63. The molecule has 0 aliphatic rings. The number of carbonyl (C=O) groups excluding carboxylic acids is 1. The van der Waals surface area contributed by atoms with Crippen molar-refractivity contribution in [2.24, 2.45) is 0 Å². The minimum Gasteiger partial charge on any atom is -0.383 e. The van der Waals surface area contributed by atoms with Crippen LogP contribution < -0.4 is 4.90 Å². The fraction of sp³-hybridized carbons (Fsp3) is 0.360. The fourth-order valence-corrected chi connectivity index (χ4v) is 3.71. The fourth-order valence-electron chi connectivity index (χ4n) is 3.54. The lowest BCUT2D eigenvalue weighted by Gasteiger charge is -2.25. The topological polar surface area (TPSA) is 45.7 Å². The molecule has 1 amide bonds. The number of aromatic nitrogens is 1. The summed E-state index contributed by atoms with van der Waals surface area (Å²) >= 11 is 6.15. The van der Waals surface area contributed by atoms with Gasteiger partial charge in [-0.15, -0.1) is 0 Å². The van der Waals surface area contributed by atoms with Gasteiger partial charge in [0.25, 0.3) is 0 Å². The number of methoxy groups -OCH3 is 1. The van der Waals surface area contributed by atoms with Gasteiger partial charge in [0.15, 0.2) is 0 Å². The van der Waals surface area contributed by atoms with E-state index >= 15 is 0 Å². The van der Waals surface area contributed by atoms with Gasteiger partial charge < -0.3 is 14.5 Å². The second kappa shape index (κ2) is 10.6. The molecule has 2 aromatic carbocycles. The first kappa shape index (κ1) is 23.0. The molecule has 0 bridgehead atoms. The second-order valence-corrected chi connectivity index (χ2v) is 8.43. The number of hydrogen-bond donors (Lipinski definition) is 0. The Bertz CT molecular complexity index is 1030. The molecule has 0 saturated heterocycles. The highest BCUT2D eigenvalue weighted by Crippen LogP contribution is 2.26. The number of hydrogen-bond acceptors (Lipinski definition) is 4. The molecule has 6 heteroatoms. The van der Waals surface area contributed by atoms with Crippen LogP contribution in [0.25, 0.3) is 10.9 Å². The highest BCUT2D eigenvalue weighted by Gasteiger charge is 2.18. The molecule has 0 atom stereocenters. The molecule has 1 heterocycles. The van der Waals surface area contributed by atoms with Crippen molar-refractivity contribution >= 4 is 34.2 Å². The normalized spacial score (nSPS) is 11.0. The van der Waals surface area contributed by atoms with E-state index in [0.29, 0.717) is 31.1 Å². The molecular formula is C25H30ClN3O2. The Morgan fingerprint density at radius 1 is 1.10 bits per heavy atom. The van der Waals surface area contributed by atoms with Gasteiger partial charge in [-0.3, -0.25) is 4.79 Å². The summed E-state index contributed by atoms with van der Waals surface area (Å²) < 4.78 is 5.26. The van der Waals surface area contributed by atoms with Crippen molar-refractivity contribution in [3.63, 3.8) is 0 Å². The summed E-state index contributed by atoms with van der Waals surface area (Å²) in [5.74, 6) is 0.946. The molecule has 0 spiro atoms. The molecule has 3 aromatic rings. The minimum atomic E-state index is 0.110. The third kappa shape index (κ3) is 6.18. The zero-order chi connectivity index (χ0) is 22.4. The Labute approximate surface area is 189 Å². The van der Waals surface area contributed by atoms with Crippen LogP contribution in [-0.4, -0.2) is 50.1 Å². The van der Waals surface area contributed by atoms with Gasteiger partial charge in [0.1, 0.15) is 5.82 Å². The van der Waals surface area contributed by atoms with Gasteiger partial charge in [-0.25, -0.2) is 4.98 Å². The molecule has 31 heavy (non-hydrogen) atoms. The molecule has 0 saturated carbocycles. The number of halogens is 1. The van der Waals surface area contributed by atoms with Crippen LogP contribution in [0, 0.1) is 6.92 Å². The second-order valence-electron chi connectivity index (χ2n) is 8.00. The number of ether oxygens (including phenoxy) is 1. The van der Waals surface area contributed by atoms with Crippen molar-refractivity contribution in [2.45, 2.75) is 26.3 Å². The summed E-state index contributed by atoms with van der Waals surface area (Å²) in [6.45, 7) is 3.57. The van der Waals surface area contributed by atoms with E-state index in [-0.39, 0.29) is 5.91 Å². The number of pyridine rings is 1. The molecule has 164 valence electrons. The predicted octanol–water partition coefficient (Wildman–Crippen LogP) is 4.87. The minimum absolute atomic E-state index is 0.110. The monoisotopic (exact) mass is 439 g/mol. The summed E-state index contributed by atoms with van der Waals surface area (Å²) in [6.07, 6.45) is 1.18. The summed E-state index contributed by atoms with van der Waals surface area (Å²) in [6, 6.07) is 16.1. The molecular weight excluding hydrogens is 410 g/mol. The molecule has 5 nitrogen and oxygen atoms in total. The first-order chi connectivity index (χ1) is 14.9. The van der Waals surface area contributed by atoms with Crippen molar-refractivity contribution < 1.29 is 9.53 Å². The highest BCUT2D eigenvalue weighted by molar-refractivity contribution is 6.31. The first-order valence-corrected chi connectivity index (χ1v) is 10.8. The van der Waals surface area contributed by atoms with Crippen LogP contribution in [0.2, 0.25) is 5.02 Å². The number of anilines is 1. The van der Waals surface area contributed by atoms with Gasteiger partial charge in [0.2, 0.25) is 5.91 Å². The molecule has 0 unspecified atom stereocenters. The van der Waals surface area contributed by atoms with Crippen LogP contribution in [0.3, 0.4) is 0 Å². The van der Waals surface area contributed by atoms with Crippen LogP contribution in [-0.2, 0) is 22.5 Å². The van der Waals surface area contributed by atoms with Gasteiger partial charge >= 0.3 is 0 Å². The number of nitrogens with zero attached hydrogens (tertiary/aromatic N) is 3. The lowest BCUT2D eigenvalue weighted by atomic mass is 10.1. The molecule has 0 aliphatic heterocycles. The SMILES string of the molecule is COCCN(Cc1cc2ccc(Cl)cc2nc1N(C)C)C(=O)CCc1ccc(C)cc1. The van der Waals surface area contributed by atoms with Crippen LogP contribution >= 0.6 is 11.6 Å². The van der Waals surface area contributed by atoms with Crippen LogP contribution in [0.5, 0.6) is 0 Å². The van der Waals surface area contributed by atoms with E-state index in [1.54, 1.807) is 7.11 Å². The third-order valence-corrected chi connectivity index (χ3v) is 5.52. The van der Waals surface area contributed by atoms with Gasteiger partial charge in [0.05, 0.1) is 12.1 Å². The number of fused-ring (bicyclic) bond motifs is 1. The summed E-state index contributed by atoms with van der Waals surface area (Å²) in [5, 5.41) is 1.66. The quantitative estimate of drug-likeness (QED) is 0.477. The van der Waals surface area contributed by atoms with E-state index in [1.807, 2.05) is 42.1 Å². The molecule has 3 rings (SSSR count). The van der Waals surface area contributed by atoms with E-state index in [0.717, 1.165) is 28.7 Å². The molecule has 0 fully saturated rings. The molecule has 0 N–H and O–H groups in total. The zero-order valence-electron chi connectivity index (χ0n) is 18.7. The Balaban J connectivity index is 1.82. The van der Waals surface area contributed by atoms with Crippen molar-refractivity contribution in [3.05, 3.63) is 70.2 Å². The van der Waals surface area contributed by atoms with E-state index < -0.39 is 0 Å². The number of amides is 1. The summed E-state index contributed by atoms with van der Waals surface area (Å²) in [5.41, 5.74) is 4.23. The average molecular weight is 440 g/mol. The smallest absolute Gasteiger partial charge is 0.223 e. The molecule has 0 radical (unpaired) electrons. The number of aryl methyl sites for hydroxylation is 2. The maximum atomic E-state index is 13.1. The zero-order valence-corrected chi connectivity index (χ0v) is 19.4. The van der Waals surface area contributed by atoms with E-state index in [2.05, 4.69) is 37.3 Å². The van der Waals surface area contributed by atoms with Crippen LogP contribution in [0.4, 0.5) is 5.82 Å². The lowest BCUT2D eigenvalue weighted by molar-refractivity contribution is -0.132. The van der Waals surface area contributed by atoms with E-state index in [9.17, 15) is 4.79 Å². The summed E-state index contributed by atoms with van der Waals surface area (Å²) in [7, 11) is 5.57. The number of carbonyl (C=O) groups is 1. The Morgan fingerprint density at radius 2 is 1.84 bits per heavy atom. The van der Waals surface area contributed by atoms with E-state index in [4.69, 9.17) is 21.3 Å². The standard InChI is InChI=1S/C25H30ClN3O2/c1-18-5-7-19(8-6-18)9-12-24(30)29(13-14-31-4)17-21-15-20-10-11-22(26)16-23(20)27-25(21)28(2)3/h5-8,10-11,15-16H,9,12-14,17H2,1-4H3. The van der Waals surface area contributed by atoms with Gasteiger partial charge in [-0.2, -0.15) is 0 Å². The first-order valence-electron chi connectivity index (χ1n) is 10.5. The summed E-state index contributed by atoms with van der Waals surface area (Å²) in [4.78, 5) is 21.7. The highest BCUT2D eigenvalue weighted by atomic mass is 35.5.